The summed E-state index contributed by atoms with van der Waals surface area (Å²) in [5.74, 6) is 0. The molecule has 162 valence electrons. The van der Waals surface area contributed by atoms with E-state index in [4.69, 9.17) is 0 Å². The van der Waals surface area contributed by atoms with Gasteiger partial charge in [-0.15, -0.1) is 0 Å². The molecule has 1 fully saturated rings. The largest absolute Gasteiger partial charge is 0.305 e. The van der Waals surface area contributed by atoms with Crippen LogP contribution in [0.4, 0.5) is 0 Å². The Bertz CT molecular complexity index is 315. The number of likely N-dealkylation sites (N-methyl/N-ethyl adjacent to an activating group) is 2. The van der Waals surface area contributed by atoms with Crippen LogP contribution in [0.5, 0.6) is 0 Å². The minimum Gasteiger partial charge on any atom is -0.305 e. The Balaban J connectivity index is 2.42. The zero-order valence-corrected chi connectivity index (χ0v) is 19.5. The van der Waals surface area contributed by atoms with Crippen LogP contribution >= 0.6 is 0 Å². The fourth-order valence-electron chi connectivity index (χ4n) is 4.93. The molecule has 1 saturated heterocycles. The highest BCUT2D eigenvalue weighted by atomic mass is 15.2. The van der Waals surface area contributed by atoms with Gasteiger partial charge in [0, 0.05) is 12.1 Å². The summed E-state index contributed by atoms with van der Waals surface area (Å²) in [4.78, 5) is 5.26. The lowest BCUT2D eigenvalue weighted by atomic mass is 9.92. The third kappa shape index (κ3) is 12.2. The van der Waals surface area contributed by atoms with Crippen molar-refractivity contribution < 1.29 is 0 Å². The second kappa shape index (κ2) is 16.8. The molecule has 0 spiro atoms. The first-order valence-electron chi connectivity index (χ1n) is 12.5. The van der Waals surface area contributed by atoms with E-state index >= 15 is 0 Å². The van der Waals surface area contributed by atoms with Gasteiger partial charge in [-0.05, 0) is 47.0 Å². The Kier molecular flexibility index (Phi) is 15.6. The molecule has 2 heteroatoms. The van der Waals surface area contributed by atoms with Gasteiger partial charge in [-0.25, -0.2) is 0 Å². The SMILES string of the molecule is CCCCCCCCCCC(C1CCCCCCCCCCN1C)N(C)C. The monoisotopic (exact) mass is 380 g/mol. The maximum absolute atomic E-state index is 2.72. The van der Waals surface area contributed by atoms with Crippen LogP contribution < -0.4 is 0 Å². The Morgan fingerprint density at radius 3 is 1.85 bits per heavy atom. The highest BCUT2D eigenvalue weighted by molar-refractivity contribution is 4.83. The average Bonchev–Trinajstić information content (AvgIpc) is 2.64. The van der Waals surface area contributed by atoms with Crippen LogP contribution in [-0.2, 0) is 0 Å². The number of nitrogens with zero attached hydrogens (tertiary/aromatic N) is 2. The summed E-state index contributed by atoms with van der Waals surface area (Å²) < 4.78 is 0. The molecule has 0 aromatic heterocycles. The van der Waals surface area contributed by atoms with Gasteiger partial charge in [0.1, 0.15) is 0 Å². The third-order valence-corrected chi connectivity index (χ3v) is 6.79. The minimum absolute atomic E-state index is 0.734. The molecule has 1 rings (SSSR count). The third-order valence-electron chi connectivity index (χ3n) is 6.79. The second-order valence-corrected chi connectivity index (χ2v) is 9.46. The first-order valence-corrected chi connectivity index (χ1v) is 12.5. The highest BCUT2D eigenvalue weighted by Gasteiger charge is 2.26. The topological polar surface area (TPSA) is 6.48 Å². The van der Waals surface area contributed by atoms with Gasteiger partial charge in [0.15, 0.2) is 0 Å². The lowest BCUT2D eigenvalue weighted by Gasteiger charge is -2.39. The van der Waals surface area contributed by atoms with E-state index in [1.807, 2.05) is 0 Å². The van der Waals surface area contributed by atoms with Crippen LogP contribution in [0.15, 0.2) is 0 Å². The van der Waals surface area contributed by atoms with Crippen LogP contribution in [0.3, 0.4) is 0 Å². The van der Waals surface area contributed by atoms with Gasteiger partial charge in [0.25, 0.3) is 0 Å². The van der Waals surface area contributed by atoms with E-state index in [9.17, 15) is 0 Å². The zero-order valence-electron chi connectivity index (χ0n) is 19.5. The van der Waals surface area contributed by atoms with E-state index in [2.05, 4.69) is 37.9 Å². The van der Waals surface area contributed by atoms with Crippen molar-refractivity contribution in [2.45, 2.75) is 135 Å². The minimum atomic E-state index is 0.734. The molecule has 2 unspecified atom stereocenters. The molecular formula is C25H52N2. The summed E-state index contributed by atoms with van der Waals surface area (Å²) in [6, 6.07) is 1.49. The normalized spacial score (nSPS) is 22.3. The summed E-state index contributed by atoms with van der Waals surface area (Å²) in [5, 5.41) is 0. The van der Waals surface area contributed by atoms with Crippen molar-refractivity contribution in [2.75, 3.05) is 27.7 Å². The average molecular weight is 381 g/mol. The first kappa shape index (κ1) is 25.0. The van der Waals surface area contributed by atoms with Crippen molar-refractivity contribution in [3.05, 3.63) is 0 Å². The molecular weight excluding hydrogens is 328 g/mol. The van der Waals surface area contributed by atoms with Crippen molar-refractivity contribution in [1.82, 2.24) is 9.80 Å². The molecule has 1 aliphatic heterocycles. The van der Waals surface area contributed by atoms with Crippen LogP contribution in [-0.4, -0.2) is 49.6 Å². The predicted molar refractivity (Wildman–Crippen MR) is 123 cm³/mol. The van der Waals surface area contributed by atoms with Crippen molar-refractivity contribution in [3.8, 4) is 0 Å². The molecule has 0 radical (unpaired) electrons. The summed E-state index contributed by atoms with van der Waals surface area (Å²) in [7, 11) is 7.04. The number of unbranched alkanes of at least 4 members (excludes halogenated alkanes) is 7. The molecule has 1 aliphatic rings. The summed E-state index contributed by atoms with van der Waals surface area (Å²) in [5.41, 5.74) is 0. The molecule has 27 heavy (non-hydrogen) atoms. The molecule has 0 saturated carbocycles. The van der Waals surface area contributed by atoms with E-state index in [0.29, 0.717) is 0 Å². The molecule has 1 heterocycles. The van der Waals surface area contributed by atoms with Crippen molar-refractivity contribution in [3.63, 3.8) is 0 Å². The van der Waals surface area contributed by atoms with Crippen molar-refractivity contribution in [1.29, 1.82) is 0 Å². The van der Waals surface area contributed by atoms with E-state index in [0.717, 1.165) is 12.1 Å². The molecule has 2 nitrogen and oxygen atoms in total. The number of rotatable bonds is 11. The first-order chi connectivity index (χ1) is 13.2. The van der Waals surface area contributed by atoms with Gasteiger partial charge in [-0.3, -0.25) is 0 Å². The molecule has 0 bridgehead atoms. The smallest absolute Gasteiger partial charge is 0.0248 e. The molecule has 0 aliphatic carbocycles. The van der Waals surface area contributed by atoms with E-state index < -0.39 is 0 Å². The van der Waals surface area contributed by atoms with E-state index in [1.165, 1.54) is 122 Å². The molecule has 0 N–H and O–H groups in total. The summed E-state index contributed by atoms with van der Waals surface area (Å²) >= 11 is 0. The maximum Gasteiger partial charge on any atom is 0.0248 e. The van der Waals surface area contributed by atoms with Gasteiger partial charge in [-0.1, -0.05) is 103 Å². The van der Waals surface area contributed by atoms with E-state index in [-0.39, 0.29) is 0 Å². The van der Waals surface area contributed by atoms with Crippen molar-refractivity contribution in [2.24, 2.45) is 0 Å². The van der Waals surface area contributed by atoms with Crippen molar-refractivity contribution >= 4 is 0 Å². The lowest BCUT2D eigenvalue weighted by Crippen LogP contribution is -2.48. The standard InChI is InChI=1S/C25H52N2/c1-5-6-7-8-9-12-15-18-21-24(26(2)3)25-22-19-16-13-10-11-14-17-20-23-27(25)4/h24-25H,5-23H2,1-4H3. The fourth-order valence-corrected chi connectivity index (χ4v) is 4.93. The molecule has 0 aromatic rings. The zero-order chi connectivity index (χ0) is 19.7. The Labute approximate surface area is 172 Å². The Morgan fingerprint density at radius 2 is 1.26 bits per heavy atom. The second-order valence-electron chi connectivity index (χ2n) is 9.46. The van der Waals surface area contributed by atoms with E-state index in [1.54, 1.807) is 0 Å². The van der Waals surface area contributed by atoms with Gasteiger partial charge in [0.05, 0.1) is 0 Å². The van der Waals surface area contributed by atoms with Gasteiger partial charge < -0.3 is 9.80 Å². The van der Waals surface area contributed by atoms with Gasteiger partial charge in [0.2, 0.25) is 0 Å². The molecule has 2 atom stereocenters. The molecule has 0 amide bonds. The van der Waals surface area contributed by atoms with Crippen LogP contribution in [0, 0.1) is 0 Å². The Hall–Kier alpha value is -0.0800. The van der Waals surface area contributed by atoms with Gasteiger partial charge in [-0.2, -0.15) is 0 Å². The van der Waals surface area contributed by atoms with Crippen LogP contribution in [0.1, 0.15) is 122 Å². The summed E-state index contributed by atoms with van der Waals surface area (Å²) in [6.07, 6.45) is 25.8. The fraction of sp³-hybridized carbons (Fsp3) is 1.00. The summed E-state index contributed by atoms with van der Waals surface area (Å²) in [6.45, 7) is 3.60. The predicted octanol–water partition coefficient (Wildman–Crippen LogP) is 7.27. The highest BCUT2D eigenvalue weighted by Crippen LogP contribution is 2.23. The maximum atomic E-state index is 2.72. The van der Waals surface area contributed by atoms with Crippen LogP contribution in [0.2, 0.25) is 0 Å². The lowest BCUT2D eigenvalue weighted by molar-refractivity contribution is 0.109. The van der Waals surface area contributed by atoms with Crippen LogP contribution in [0.25, 0.3) is 0 Å². The Morgan fingerprint density at radius 1 is 0.741 bits per heavy atom. The number of hydrogen-bond acceptors (Lipinski definition) is 2. The number of hydrogen-bond donors (Lipinski definition) is 0. The van der Waals surface area contributed by atoms with Gasteiger partial charge >= 0.3 is 0 Å². The molecule has 0 aromatic carbocycles. The quantitative estimate of drug-likeness (QED) is 0.348.